The monoisotopic (exact) mass is 348 g/mol. The molecule has 2 amide bonds. The van der Waals surface area contributed by atoms with Gasteiger partial charge in [-0.2, -0.15) is 0 Å². The second-order valence-corrected chi connectivity index (χ2v) is 5.47. The van der Waals surface area contributed by atoms with Gasteiger partial charge in [0.05, 0.1) is 10.0 Å². The van der Waals surface area contributed by atoms with Crippen molar-refractivity contribution in [1.82, 2.24) is 5.32 Å². The molecule has 0 unspecified atom stereocenters. The molecule has 0 radical (unpaired) electrons. The summed E-state index contributed by atoms with van der Waals surface area (Å²) in [5.41, 5.74) is 1.89. The van der Waals surface area contributed by atoms with Crippen molar-refractivity contribution in [2.75, 3.05) is 12.4 Å². The maximum Gasteiger partial charge on any atom is 0.251 e. The van der Waals surface area contributed by atoms with Crippen molar-refractivity contribution in [3.8, 4) is 0 Å². The lowest BCUT2D eigenvalue weighted by atomic mass is 10.2. The maximum atomic E-state index is 11.9. The normalized spacial score (nSPS) is 10.6. The molecule has 0 aliphatic carbocycles. The van der Waals surface area contributed by atoms with Gasteiger partial charge in [0.25, 0.3) is 5.91 Å². The Hall–Kier alpha value is -2.30. The predicted molar refractivity (Wildman–Crippen MR) is 94.0 cm³/mol. The number of nitrogens with one attached hydrogen (secondary N) is 2. The first kappa shape index (κ1) is 17.1. The first-order valence-corrected chi connectivity index (χ1v) is 7.51. The second-order valence-electron chi connectivity index (χ2n) is 4.65. The van der Waals surface area contributed by atoms with E-state index in [4.69, 9.17) is 23.2 Å². The van der Waals surface area contributed by atoms with Gasteiger partial charge in [-0.05, 0) is 48.0 Å². The summed E-state index contributed by atoms with van der Waals surface area (Å²) in [5, 5.41) is 6.13. The molecule has 2 rings (SSSR count). The number of amides is 2. The zero-order valence-corrected chi connectivity index (χ0v) is 13.8. The lowest BCUT2D eigenvalue weighted by Crippen LogP contribution is -2.17. The smallest absolute Gasteiger partial charge is 0.251 e. The molecular weight excluding hydrogens is 335 g/mol. The number of carbonyl (C=O) groups is 2. The molecule has 0 saturated heterocycles. The predicted octanol–water partition coefficient (Wildman–Crippen LogP) is 4.00. The molecule has 0 saturated carbocycles. The number of rotatable bonds is 4. The van der Waals surface area contributed by atoms with Gasteiger partial charge in [-0.3, -0.25) is 9.59 Å². The molecule has 0 spiro atoms. The van der Waals surface area contributed by atoms with Crippen LogP contribution in [0.2, 0.25) is 10.0 Å². The summed E-state index contributed by atoms with van der Waals surface area (Å²) < 4.78 is 0. The molecule has 2 N–H and O–H groups in total. The minimum absolute atomic E-state index is 0.178. The fourth-order valence-corrected chi connectivity index (χ4v) is 2.13. The summed E-state index contributed by atoms with van der Waals surface area (Å²) in [6.45, 7) is 0. The molecular formula is C17H14Cl2N2O2. The lowest BCUT2D eigenvalue weighted by Gasteiger charge is -2.04. The molecule has 23 heavy (non-hydrogen) atoms. The van der Waals surface area contributed by atoms with Crippen LogP contribution in [-0.2, 0) is 4.79 Å². The van der Waals surface area contributed by atoms with Crippen molar-refractivity contribution in [2.45, 2.75) is 0 Å². The number of anilines is 1. The Morgan fingerprint density at radius 2 is 1.70 bits per heavy atom. The van der Waals surface area contributed by atoms with Crippen LogP contribution < -0.4 is 10.6 Å². The molecule has 0 atom stereocenters. The number of halogens is 2. The number of hydrogen-bond donors (Lipinski definition) is 2. The van der Waals surface area contributed by atoms with Gasteiger partial charge in [-0.25, -0.2) is 0 Å². The van der Waals surface area contributed by atoms with Crippen LogP contribution >= 0.6 is 23.2 Å². The Balaban J connectivity index is 2.00. The van der Waals surface area contributed by atoms with E-state index < -0.39 is 0 Å². The highest BCUT2D eigenvalue weighted by Crippen LogP contribution is 2.23. The van der Waals surface area contributed by atoms with Gasteiger partial charge in [0.1, 0.15) is 0 Å². The third kappa shape index (κ3) is 4.84. The average Bonchev–Trinajstić information content (AvgIpc) is 2.56. The van der Waals surface area contributed by atoms with E-state index in [1.165, 1.54) is 6.08 Å². The SMILES string of the molecule is CNC(=O)c1ccc(NC(=O)/C=C/c2ccc(Cl)c(Cl)c2)cc1. The van der Waals surface area contributed by atoms with Crippen molar-refractivity contribution in [1.29, 1.82) is 0 Å². The Kier molecular flexibility index (Phi) is 5.79. The van der Waals surface area contributed by atoms with Gasteiger partial charge in [0, 0.05) is 24.4 Å². The molecule has 0 bridgehead atoms. The van der Waals surface area contributed by atoms with Crippen LogP contribution in [0.3, 0.4) is 0 Å². The van der Waals surface area contributed by atoms with Gasteiger partial charge >= 0.3 is 0 Å². The summed E-state index contributed by atoms with van der Waals surface area (Å²) >= 11 is 11.7. The zero-order chi connectivity index (χ0) is 16.8. The second kappa shape index (κ2) is 7.81. The molecule has 118 valence electrons. The van der Waals surface area contributed by atoms with Crippen LogP contribution in [0.15, 0.2) is 48.5 Å². The Bertz CT molecular complexity index is 756. The van der Waals surface area contributed by atoms with E-state index in [1.54, 1.807) is 55.6 Å². The van der Waals surface area contributed by atoms with Gasteiger partial charge in [0.15, 0.2) is 0 Å². The highest BCUT2D eigenvalue weighted by Gasteiger charge is 2.03. The van der Waals surface area contributed by atoms with Gasteiger partial charge in [0.2, 0.25) is 5.91 Å². The van der Waals surface area contributed by atoms with Crippen LogP contribution in [0, 0.1) is 0 Å². The number of benzene rings is 2. The molecule has 0 aliphatic heterocycles. The Labute approximate surface area is 144 Å². The maximum absolute atomic E-state index is 11.9. The molecule has 0 aliphatic rings. The number of carbonyl (C=O) groups excluding carboxylic acids is 2. The molecule has 6 heteroatoms. The Morgan fingerprint density at radius 3 is 2.30 bits per heavy atom. The summed E-state index contributed by atoms with van der Waals surface area (Å²) in [7, 11) is 1.56. The third-order valence-electron chi connectivity index (χ3n) is 3.01. The topological polar surface area (TPSA) is 58.2 Å². The Morgan fingerprint density at radius 1 is 1.00 bits per heavy atom. The highest BCUT2D eigenvalue weighted by atomic mass is 35.5. The van der Waals surface area contributed by atoms with Crippen LogP contribution in [0.25, 0.3) is 6.08 Å². The van der Waals surface area contributed by atoms with E-state index in [1.807, 2.05) is 0 Å². The van der Waals surface area contributed by atoms with Crippen molar-refractivity contribution in [3.05, 3.63) is 69.7 Å². The van der Waals surface area contributed by atoms with E-state index in [0.29, 0.717) is 21.3 Å². The van der Waals surface area contributed by atoms with Gasteiger partial charge < -0.3 is 10.6 Å². The van der Waals surface area contributed by atoms with E-state index in [2.05, 4.69) is 10.6 Å². The minimum Gasteiger partial charge on any atom is -0.355 e. The molecule has 2 aromatic rings. The quantitative estimate of drug-likeness (QED) is 0.820. The molecule has 0 fully saturated rings. The fraction of sp³-hybridized carbons (Fsp3) is 0.0588. The van der Waals surface area contributed by atoms with Crippen LogP contribution in [-0.4, -0.2) is 18.9 Å². The summed E-state index contributed by atoms with van der Waals surface area (Å²) in [5.74, 6) is -0.467. The number of hydrogen-bond acceptors (Lipinski definition) is 2. The first-order chi connectivity index (χ1) is 11.0. The van der Waals surface area contributed by atoms with Crippen molar-refractivity contribution in [3.63, 3.8) is 0 Å². The average molecular weight is 349 g/mol. The van der Waals surface area contributed by atoms with Crippen molar-refractivity contribution < 1.29 is 9.59 Å². The van der Waals surface area contributed by atoms with Crippen LogP contribution in [0.5, 0.6) is 0 Å². The standard InChI is InChI=1S/C17H14Cl2N2O2/c1-20-17(23)12-4-6-13(7-5-12)21-16(22)9-3-11-2-8-14(18)15(19)10-11/h2-10H,1H3,(H,20,23)(H,21,22)/b9-3+. The minimum atomic E-state index is -0.288. The van der Waals surface area contributed by atoms with E-state index in [-0.39, 0.29) is 11.8 Å². The highest BCUT2D eigenvalue weighted by molar-refractivity contribution is 6.42. The summed E-state index contributed by atoms with van der Waals surface area (Å²) in [6, 6.07) is 11.7. The van der Waals surface area contributed by atoms with E-state index in [9.17, 15) is 9.59 Å². The molecule has 0 aromatic heterocycles. The van der Waals surface area contributed by atoms with Gasteiger partial charge in [-0.15, -0.1) is 0 Å². The van der Waals surface area contributed by atoms with Crippen LogP contribution in [0.1, 0.15) is 15.9 Å². The van der Waals surface area contributed by atoms with E-state index >= 15 is 0 Å². The largest absolute Gasteiger partial charge is 0.355 e. The van der Waals surface area contributed by atoms with Gasteiger partial charge in [-0.1, -0.05) is 29.3 Å². The van der Waals surface area contributed by atoms with Crippen LogP contribution in [0.4, 0.5) is 5.69 Å². The van der Waals surface area contributed by atoms with Crippen molar-refractivity contribution >= 4 is 46.8 Å². The third-order valence-corrected chi connectivity index (χ3v) is 3.75. The summed E-state index contributed by atoms with van der Waals surface area (Å²) in [6.07, 6.45) is 3.03. The lowest BCUT2D eigenvalue weighted by molar-refractivity contribution is -0.111. The summed E-state index contributed by atoms with van der Waals surface area (Å²) in [4.78, 5) is 23.3. The molecule has 0 heterocycles. The fourth-order valence-electron chi connectivity index (χ4n) is 1.82. The first-order valence-electron chi connectivity index (χ1n) is 6.76. The molecule has 2 aromatic carbocycles. The van der Waals surface area contributed by atoms with E-state index in [0.717, 1.165) is 5.56 Å². The van der Waals surface area contributed by atoms with Crippen molar-refractivity contribution in [2.24, 2.45) is 0 Å². The molecule has 4 nitrogen and oxygen atoms in total. The zero-order valence-electron chi connectivity index (χ0n) is 12.3.